The lowest BCUT2D eigenvalue weighted by Crippen LogP contribution is -1.90. The van der Waals surface area contributed by atoms with Crippen LogP contribution in [0.1, 0.15) is 24.6 Å². The second-order valence-electron chi connectivity index (χ2n) is 3.00. The molecule has 0 atom stereocenters. The van der Waals surface area contributed by atoms with Crippen LogP contribution < -0.4 is 0 Å². The van der Waals surface area contributed by atoms with E-state index >= 15 is 0 Å². The van der Waals surface area contributed by atoms with Crippen molar-refractivity contribution in [3.63, 3.8) is 0 Å². The normalized spacial score (nSPS) is 17.0. The minimum Gasteiger partial charge on any atom is -0.239 e. The molecule has 3 rings (SSSR count). The zero-order valence-corrected chi connectivity index (χ0v) is 7.14. The van der Waals surface area contributed by atoms with E-state index in [1.54, 1.807) is 0 Å². The zero-order valence-electron chi connectivity index (χ0n) is 6.32. The molecule has 0 spiro atoms. The number of rotatable bonds is 1. The molecule has 59 valence electrons. The highest BCUT2D eigenvalue weighted by Gasteiger charge is 2.26. The molecule has 1 saturated carbocycles. The molecule has 1 radical (unpaired) electrons. The molecule has 0 aromatic carbocycles. The molecule has 3 nitrogen and oxygen atoms in total. The number of aromatic nitrogens is 3. The molecular weight excluding hydrogens is 170 g/mol. The molecule has 0 aliphatic heterocycles. The Balaban J connectivity index is 2.21. The van der Waals surface area contributed by atoms with Crippen LogP contribution in [0.5, 0.6) is 0 Å². The first-order chi connectivity index (χ1) is 5.93. The SMILES string of the molecule is [c]1nc2nc(C3CC3)ncc2s1. The van der Waals surface area contributed by atoms with Gasteiger partial charge in [-0.05, 0) is 12.8 Å². The van der Waals surface area contributed by atoms with E-state index in [0.717, 1.165) is 16.2 Å². The van der Waals surface area contributed by atoms with E-state index in [0.29, 0.717) is 5.92 Å². The molecule has 1 aliphatic rings. The first-order valence-electron chi connectivity index (χ1n) is 3.93. The minimum absolute atomic E-state index is 0.607. The van der Waals surface area contributed by atoms with E-state index in [2.05, 4.69) is 20.5 Å². The first-order valence-corrected chi connectivity index (χ1v) is 4.74. The molecular formula is C8H6N3S. The van der Waals surface area contributed by atoms with E-state index in [1.807, 2.05) is 6.20 Å². The van der Waals surface area contributed by atoms with Gasteiger partial charge in [-0.1, -0.05) is 0 Å². The predicted octanol–water partition coefficient (Wildman–Crippen LogP) is 1.76. The van der Waals surface area contributed by atoms with Crippen LogP contribution in [-0.2, 0) is 0 Å². The summed E-state index contributed by atoms with van der Waals surface area (Å²) in [6, 6.07) is 0. The van der Waals surface area contributed by atoms with Gasteiger partial charge >= 0.3 is 0 Å². The Morgan fingerprint density at radius 3 is 3.25 bits per heavy atom. The molecule has 2 aromatic heterocycles. The second kappa shape index (κ2) is 2.23. The van der Waals surface area contributed by atoms with Crippen molar-refractivity contribution in [3.05, 3.63) is 17.5 Å². The summed E-state index contributed by atoms with van der Waals surface area (Å²) < 4.78 is 1.03. The Morgan fingerprint density at radius 1 is 1.50 bits per heavy atom. The van der Waals surface area contributed by atoms with E-state index in [1.165, 1.54) is 24.2 Å². The number of hydrogen-bond acceptors (Lipinski definition) is 4. The van der Waals surface area contributed by atoms with Crippen LogP contribution in [0.15, 0.2) is 6.20 Å². The number of nitrogens with zero attached hydrogens (tertiary/aromatic N) is 3. The minimum atomic E-state index is 0.607. The van der Waals surface area contributed by atoms with Gasteiger partial charge in [-0.3, -0.25) is 0 Å². The third-order valence-corrected chi connectivity index (χ3v) is 2.70. The average molecular weight is 176 g/mol. The fourth-order valence-corrected chi connectivity index (χ4v) is 1.70. The van der Waals surface area contributed by atoms with Crippen molar-refractivity contribution in [2.45, 2.75) is 18.8 Å². The Morgan fingerprint density at radius 2 is 2.42 bits per heavy atom. The zero-order chi connectivity index (χ0) is 7.97. The maximum atomic E-state index is 4.35. The molecule has 0 unspecified atom stereocenters. The van der Waals surface area contributed by atoms with Crippen molar-refractivity contribution < 1.29 is 0 Å². The molecule has 2 aromatic rings. The smallest absolute Gasteiger partial charge is 0.174 e. The summed E-state index contributed by atoms with van der Waals surface area (Å²) in [7, 11) is 0. The van der Waals surface area contributed by atoms with Gasteiger partial charge in [0.15, 0.2) is 11.2 Å². The van der Waals surface area contributed by atoms with Crippen LogP contribution in [0.4, 0.5) is 0 Å². The van der Waals surface area contributed by atoms with Gasteiger partial charge in [-0.2, -0.15) is 0 Å². The summed E-state index contributed by atoms with van der Waals surface area (Å²) in [5.41, 5.74) is 3.62. The van der Waals surface area contributed by atoms with Crippen LogP contribution in [-0.4, -0.2) is 15.0 Å². The molecule has 0 amide bonds. The molecule has 1 fully saturated rings. The maximum Gasteiger partial charge on any atom is 0.174 e. The molecule has 0 N–H and O–H groups in total. The van der Waals surface area contributed by atoms with Gasteiger partial charge < -0.3 is 0 Å². The van der Waals surface area contributed by atoms with Crippen LogP contribution in [0.25, 0.3) is 10.3 Å². The lowest BCUT2D eigenvalue weighted by atomic mass is 10.4. The highest BCUT2D eigenvalue weighted by molar-refractivity contribution is 7.16. The van der Waals surface area contributed by atoms with Crippen molar-refractivity contribution >= 4 is 21.7 Å². The van der Waals surface area contributed by atoms with Gasteiger partial charge in [0, 0.05) is 5.92 Å². The third kappa shape index (κ3) is 0.914. The van der Waals surface area contributed by atoms with E-state index in [-0.39, 0.29) is 0 Å². The number of thiazole rings is 1. The summed E-state index contributed by atoms with van der Waals surface area (Å²) in [6.45, 7) is 0. The topological polar surface area (TPSA) is 38.7 Å². The standard InChI is InChI=1S/C8H6N3S/c1-2-5(1)7-9-3-6-8(11-7)10-4-12-6/h3,5H,1-2H2. The fourth-order valence-electron chi connectivity index (χ4n) is 1.18. The summed E-state index contributed by atoms with van der Waals surface area (Å²) in [5, 5.41) is 0. The monoisotopic (exact) mass is 176 g/mol. The third-order valence-electron chi connectivity index (χ3n) is 2.00. The second-order valence-corrected chi connectivity index (χ2v) is 3.82. The van der Waals surface area contributed by atoms with Gasteiger partial charge in [0.25, 0.3) is 0 Å². The average Bonchev–Trinajstić information content (AvgIpc) is 2.84. The van der Waals surface area contributed by atoms with Crippen LogP contribution in [0.2, 0.25) is 0 Å². The quantitative estimate of drug-likeness (QED) is 0.664. The fraction of sp³-hybridized carbons (Fsp3) is 0.375. The van der Waals surface area contributed by atoms with Gasteiger partial charge in [-0.15, -0.1) is 11.3 Å². The molecule has 4 heteroatoms. The van der Waals surface area contributed by atoms with Gasteiger partial charge in [0.05, 0.1) is 10.9 Å². The van der Waals surface area contributed by atoms with Crippen molar-refractivity contribution in [1.29, 1.82) is 0 Å². The van der Waals surface area contributed by atoms with Crippen LogP contribution >= 0.6 is 11.3 Å². The predicted molar refractivity (Wildman–Crippen MR) is 46.0 cm³/mol. The van der Waals surface area contributed by atoms with Gasteiger partial charge in [0.1, 0.15) is 5.82 Å². The molecule has 1 aliphatic carbocycles. The van der Waals surface area contributed by atoms with Crippen molar-refractivity contribution in [2.75, 3.05) is 0 Å². The molecule has 2 heterocycles. The van der Waals surface area contributed by atoms with Crippen LogP contribution in [0.3, 0.4) is 0 Å². The molecule has 12 heavy (non-hydrogen) atoms. The Kier molecular flexibility index (Phi) is 1.20. The highest BCUT2D eigenvalue weighted by atomic mass is 32.1. The van der Waals surface area contributed by atoms with Crippen molar-refractivity contribution in [1.82, 2.24) is 15.0 Å². The first kappa shape index (κ1) is 6.48. The van der Waals surface area contributed by atoms with Gasteiger partial charge in [-0.25, -0.2) is 15.0 Å². The van der Waals surface area contributed by atoms with Crippen molar-refractivity contribution in [2.24, 2.45) is 0 Å². The Bertz CT molecular complexity index is 419. The lowest BCUT2D eigenvalue weighted by Gasteiger charge is -1.93. The van der Waals surface area contributed by atoms with E-state index in [4.69, 9.17) is 0 Å². The lowest BCUT2D eigenvalue weighted by molar-refractivity contribution is 0.943. The Labute approximate surface area is 73.5 Å². The van der Waals surface area contributed by atoms with E-state index < -0.39 is 0 Å². The van der Waals surface area contributed by atoms with Crippen molar-refractivity contribution in [3.8, 4) is 0 Å². The highest BCUT2D eigenvalue weighted by Crippen LogP contribution is 2.38. The molecule has 0 bridgehead atoms. The largest absolute Gasteiger partial charge is 0.239 e. The molecule has 0 saturated heterocycles. The Hall–Kier alpha value is -1.03. The van der Waals surface area contributed by atoms with Gasteiger partial charge in [0.2, 0.25) is 0 Å². The van der Waals surface area contributed by atoms with Crippen LogP contribution in [0, 0.1) is 5.51 Å². The summed E-state index contributed by atoms with van der Waals surface area (Å²) in [4.78, 5) is 12.7. The summed E-state index contributed by atoms with van der Waals surface area (Å²) in [5.74, 6) is 1.57. The summed E-state index contributed by atoms with van der Waals surface area (Å²) in [6.07, 6.45) is 4.32. The number of hydrogen-bond donors (Lipinski definition) is 0. The van der Waals surface area contributed by atoms with E-state index in [9.17, 15) is 0 Å². The number of fused-ring (bicyclic) bond motifs is 1. The summed E-state index contributed by atoms with van der Waals surface area (Å²) >= 11 is 1.47. The maximum absolute atomic E-state index is 4.35.